The Hall–Kier alpha value is -2.44. The van der Waals surface area contributed by atoms with Gasteiger partial charge >= 0.3 is 0 Å². The van der Waals surface area contributed by atoms with Crippen LogP contribution in [0.4, 0.5) is 5.82 Å². The smallest absolute Gasteiger partial charge is 0.157 e. The minimum Gasteiger partial charge on any atom is -0.368 e. The van der Waals surface area contributed by atoms with Gasteiger partial charge in [0, 0.05) is 36.5 Å². The van der Waals surface area contributed by atoms with Gasteiger partial charge in [0.05, 0.1) is 6.20 Å². The van der Waals surface area contributed by atoms with Gasteiger partial charge < -0.3 is 5.32 Å². The zero-order chi connectivity index (χ0) is 17.1. The predicted octanol–water partition coefficient (Wildman–Crippen LogP) is 2.70. The topological polar surface area (TPSA) is 66.3 Å². The lowest BCUT2D eigenvalue weighted by Gasteiger charge is -2.14. The Morgan fingerprint density at radius 2 is 2.08 bits per heavy atom. The molecule has 1 fully saturated rings. The number of nitrogens with zero attached hydrogens (tertiary/aromatic N) is 3. The number of hydrogen-bond donors (Lipinski definition) is 3. The van der Waals surface area contributed by atoms with Crippen LogP contribution < -0.4 is 16.2 Å². The summed E-state index contributed by atoms with van der Waals surface area (Å²) >= 11 is 0. The van der Waals surface area contributed by atoms with Crippen molar-refractivity contribution in [3.63, 3.8) is 0 Å². The zero-order valence-electron chi connectivity index (χ0n) is 14.4. The summed E-state index contributed by atoms with van der Waals surface area (Å²) in [6.45, 7) is 3.01. The summed E-state index contributed by atoms with van der Waals surface area (Å²) in [5.74, 6) is 1.00. The molecular weight excluding hydrogens is 312 g/mol. The van der Waals surface area contributed by atoms with E-state index in [9.17, 15) is 0 Å². The Balaban J connectivity index is 1.43. The van der Waals surface area contributed by atoms with Crippen LogP contribution >= 0.6 is 0 Å². The molecule has 2 unspecified atom stereocenters. The molecule has 1 saturated heterocycles. The molecule has 25 heavy (non-hydrogen) atoms. The van der Waals surface area contributed by atoms with E-state index in [1.807, 2.05) is 10.6 Å². The Morgan fingerprint density at radius 1 is 1.20 bits per heavy atom. The first kappa shape index (κ1) is 16.1. The fourth-order valence-electron chi connectivity index (χ4n) is 3.36. The molecule has 1 aromatic carbocycles. The number of nitrogens with one attached hydrogen (secondary N) is 3. The van der Waals surface area contributed by atoms with Crippen LogP contribution in [0.3, 0.4) is 0 Å². The Bertz CT molecular complexity index is 828. The van der Waals surface area contributed by atoms with Crippen molar-refractivity contribution in [1.29, 1.82) is 0 Å². The summed E-state index contributed by atoms with van der Waals surface area (Å²) in [5, 5.41) is 7.93. The number of anilines is 1. The minimum atomic E-state index is 0.353. The van der Waals surface area contributed by atoms with Crippen LogP contribution in [-0.2, 0) is 6.42 Å². The van der Waals surface area contributed by atoms with Crippen molar-refractivity contribution >= 4 is 11.5 Å². The third-order valence-electron chi connectivity index (χ3n) is 4.63. The largest absolute Gasteiger partial charge is 0.368 e. The highest BCUT2D eigenvalue weighted by Crippen LogP contribution is 2.22. The number of hydrazine groups is 1. The lowest BCUT2D eigenvalue weighted by Crippen LogP contribution is -2.35. The number of benzene rings is 1. The molecule has 4 rings (SSSR count). The van der Waals surface area contributed by atoms with Gasteiger partial charge in [-0.3, -0.25) is 5.43 Å². The standard InChI is InChI=1S/C19H24N6/c1-2-6-15-12-19(25-18(22-15)9-10-21-25)20-13-16-11-17(24-23-16)14-7-4-3-5-8-14/h3-5,7-10,12,16-17,20,23-24H,2,6,11,13H2,1H3. The van der Waals surface area contributed by atoms with Gasteiger partial charge in [-0.15, -0.1) is 0 Å². The Morgan fingerprint density at radius 3 is 2.92 bits per heavy atom. The normalized spacial score (nSPS) is 20.2. The summed E-state index contributed by atoms with van der Waals surface area (Å²) in [7, 11) is 0. The molecule has 3 aromatic rings. The van der Waals surface area contributed by atoms with Crippen LogP contribution in [0.2, 0.25) is 0 Å². The molecule has 0 aliphatic carbocycles. The van der Waals surface area contributed by atoms with Gasteiger partial charge in [-0.2, -0.15) is 9.61 Å². The van der Waals surface area contributed by atoms with Crippen molar-refractivity contribution in [1.82, 2.24) is 25.4 Å². The first-order chi connectivity index (χ1) is 12.3. The Labute approximate surface area is 147 Å². The highest BCUT2D eigenvalue weighted by atomic mass is 15.4. The van der Waals surface area contributed by atoms with Crippen molar-refractivity contribution in [2.24, 2.45) is 0 Å². The van der Waals surface area contributed by atoms with Crippen LogP contribution in [0, 0.1) is 0 Å². The molecule has 1 aliphatic heterocycles. The third-order valence-corrected chi connectivity index (χ3v) is 4.63. The number of aromatic nitrogens is 3. The van der Waals surface area contributed by atoms with Crippen molar-refractivity contribution in [3.8, 4) is 0 Å². The second kappa shape index (κ2) is 7.21. The summed E-state index contributed by atoms with van der Waals surface area (Å²) in [6, 6.07) is 15.3. The van der Waals surface area contributed by atoms with E-state index in [-0.39, 0.29) is 0 Å². The number of rotatable bonds is 6. The highest BCUT2D eigenvalue weighted by molar-refractivity contribution is 5.49. The molecule has 0 bridgehead atoms. The monoisotopic (exact) mass is 336 g/mol. The van der Waals surface area contributed by atoms with Gasteiger partial charge in [0.15, 0.2) is 5.65 Å². The lowest BCUT2D eigenvalue weighted by atomic mass is 10.0. The predicted molar refractivity (Wildman–Crippen MR) is 99.3 cm³/mol. The van der Waals surface area contributed by atoms with Crippen molar-refractivity contribution in [3.05, 3.63) is 59.9 Å². The molecule has 6 nitrogen and oxygen atoms in total. The average Bonchev–Trinajstić information content (AvgIpc) is 3.30. The maximum absolute atomic E-state index is 4.65. The molecule has 6 heteroatoms. The molecule has 3 heterocycles. The second-order valence-corrected chi connectivity index (χ2v) is 6.55. The molecule has 2 aromatic heterocycles. The van der Waals surface area contributed by atoms with Crippen LogP contribution in [0.1, 0.15) is 37.1 Å². The van der Waals surface area contributed by atoms with Gasteiger partial charge in [0.1, 0.15) is 5.82 Å². The lowest BCUT2D eigenvalue weighted by molar-refractivity contribution is 0.552. The molecule has 0 amide bonds. The van der Waals surface area contributed by atoms with Crippen LogP contribution in [0.15, 0.2) is 48.7 Å². The van der Waals surface area contributed by atoms with Gasteiger partial charge in [-0.1, -0.05) is 43.7 Å². The molecule has 0 saturated carbocycles. The van der Waals surface area contributed by atoms with E-state index in [1.165, 1.54) is 5.56 Å². The molecule has 1 aliphatic rings. The SMILES string of the molecule is CCCc1cc(NCC2CC(c3ccccc3)NN2)n2nccc2n1. The van der Waals surface area contributed by atoms with E-state index in [0.29, 0.717) is 12.1 Å². The van der Waals surface area contributed by atoms with Gasteiger partial charge in [0.2, 0.25) is 0 Å². The maximum atomic E-state index is 4.65. The van der Waals surface area contributed by atoms with E-state index < -0.39 is 0 Å². The van der Waals surface area contributed by atoms with Crippen molar-refractivity contribution in [2.45, 2.75) is 38.3 Å². The van der Waals surface area contributed by atoms with Crippen LogP contribution in [-0.4, -0.2) is 27.2 Å². The molecule has 2 atom stereocenters. The maximum Gasteiger partial charge on any atom is 0.157 e. The highest BCUT2D eigenvalue weighted by Gasteiger charge is 2.24. The molecule has 0 radical (unpaired) electrons. The zero-order valence-corrected chi connectivity index (χ0v) is 14.4. The Kier molecular flexibility index (Phi) is 4.63. The minimum absolute atomic E-state index is 0.353. The van der Waals surface area contributed by atoms with E-state index in [2.05, 4.69) is 69.6 Å². The molecule has 3 N–H and O–H groups in total. The number of fused-ring (bicyclic) bond motifs is 1. The summed E-state index contributed by atoms with van der Waals surface area (Å²) < 4.78 is 1.87. The number of hydrogen-bond acceptors (Lipinski definition) is 5. The molecule has 0 spiro atoms. The number of aryl methyl sites for hydroxylation is 1. The first-order valence-corrected chi connectivity index (χ1v) is 8.97. The first-order valence-electron chi connectivity index (χ1n) is 8.97. The van der Waals surface area contributed by atoms with Crippen molar-refractivity contribution in [2.75, 3.05) is 11.9 Å². The second-order valence-electron chi connectivity index (χ2n) is 6.55. The fourth-order valence-corrected chi connectivity index (χ4v) is 3.36. The van der Waals surface area contributed by atoms with Crippen LogP contribution in [0.5, 0.6) is 0 Å². The van der Waals surface area contributed by atoms with Crippen LogP contribution in [0.25, 0.3) is 5.65 Å². The van der Waals surface area contributed by atoms with Gasteiger partial charge in [-0.05, 0) is 18.4 Å². The average molecular weight is 336 g/mol. The quantitative estimate of drug-likeness (QED) is 0.646. The van der Waals surface area contributed by atoms with E-state index >= 15 is 0 Å². The summed E-state index contributed by atoms with van der Waals surface area (Å²) in [5.41, 5.74) is 10.1. The fraction of sp³-hybridized carbons (Fsp3) is 0.368. The van der Waals surface area contributed by atoms with E-state index in [4.69, 9.17) is 0 Å². The van der Waals surface area contributed by atoms with Gasteiger partial charge in [0.25, 0.3) is 0 Å². The van der Waals surface area contributed by atoms with Gasteiger partial charge in [-0.25, -0.2) is 10.4 Å². The molecular formula is C19H24N6. The third kappa shape index (κ3) is 3.50. The van der Waals surface area contributed by atoms with Crippen molar-refractivity contribution < 1.29 is 0 Å². The van der Waals surface area contributed by atoms with E-state index in [1.54, 1.807) is 6.20 Å². The summed E-state index contributed by atoms with van der Waals surface area (Å²) in [4.78, 5) is 4.65. The van der Waals surface area contributed by atoms with E-state index in [0.717, 1.165) is 43.0 Å². The summed E-state index contributed by atoms with van der Waals surface area (Å²) in [6.07, 6.45) is 4.91. The molecule has 130 valence electrons.